The monoisotopic (exact) mass is 314 g/mol. The largest absolute Gasteiger partial charge is 0.444 e. The van der Waals surface area contributed by atoms with Gasteiger partial charge in [-0.2, -0.15) is 0 Å². The lowest BCUT2D eigenvalue weighted by molar-refractivity contribution is 0.0486. The third kappa shape index (κ3) is 8.59. The maximum atomic E-state index is 11.8. The van der Waals surface area contributed by atoms with E-state index in [9.17, 15) is 9.90 Å². The first-order valence-corrected chi connectivity index (χ1v) is 8.56. The van der Waals surface area contributed by atoms with E-state index in [-0.39, 0.29) is 18.2 Å². The van der Waals surface area contributed by atoms with Crippen molar-refractivity contribution in [3.63, 3.8) is 0 Å². The number of rotatable bonds is 6. The lowest BCUT2D eigenvalue weighted by Gasteiger charge is -2.31. The number of carbonyl (C=O) groups is 1. The number of carbonyl (C=O) groups excluding carboxylic acids is 1. The van der Waals surface area contributed by atoms with Gasteiger partial charge in [0.05, 0.1) is 6.10 Å². The molecule has 22 heavy (non-hydrogen) atoms. The zero-order valence-corrected chi connectivity index (χ0v) is 14.8. The second-order valence-corrected chi connectivity index (χ2v) is 7.90. The van der Waals surface area contributed by atoms with Crippen LogP contribution in [0.1, 0.15) is 66.7 Å². The van der Waals surface area contributed by atoms with E-state index < -0.39 is 5.60 Å². The fraction of sp³-hybridized carbons (Fsp3) is 0.941. The Balaban J connectivity index is 2.30. The Labute approximate surface area is 135 Å². The number of hydrogen-bond donors (Lipinski definition) is 3. The molecular formula is C17H34N2O3. The minimum Gasteiger partial charge on any atom is -0.444 e. The maximum Gasteiger partial charge on any atom is 0.407 e. The van der Waals surface area contributed by atoms with Crippen LogP contribution in [-0.2, 0) is 4.74 Å². The molecule has 0 spiro atoms. The van der Waals surface area contributed by atoms with Gasteiger partial charge in [-0.15, -0.1) is 0 Å². The van der Waals surface area contributed by atoms with Gasteiger partial charge in [0.15, 0.2) is 0 Å². The third-order valence-electron chi connectivity index (χ3n) is 3.78. The molecule has 1 aliphatic rings. The number of aliphatic hydroxyl groups is 1. The number of hydrogen-bond acceptors (Lipinski definition) is 4. The van der Waals surface area contributed by atoms with Crippen molar-refractivity contribution in [1.29, 1.82) is 0 Å². The molecule has 0 radical (unpaired) electrons. The van der Waals surface area contributed by atoms with Gasteiger partial charge >= 0.3 is 6.09 Å². The maximum absolute atomic E-state index is 11.8. The SMILES string of the molecule is CC(C)CC(O)CNC1CCCC(NC(=O)OC(C)(C)C)C1. The molecule has 0 aromatic rings. The van der Waals surface area contributed by atoms with Crippen molar-refractivity contribution >= 4 is 6.09 Å². The van der Waals surface area contributed by atoms with Gasteiger partial charge in [-0.3, -0.25) is 0 Å². The molecule has 1 amide bonds. The van der Waals surface area contributed by atoms with Crippen LogP contribution in [0.3, 0.4) is 0 Å². The first-order valence-electron chi connectivity index (χ1n) is 8.56. The average Bonchev–Trinajstić information content (AvgIpc) is 2.33. The number of aliphatic hydroxyl groups excluding tert-OH is 1. The van der Waals surface area contributed by atoms with E-state index >= 15 is 0 Å². The Morgan fingerprint density at radius 2 is 1.91 bits per heavy atom. The van der Waals surface area contributed by atoms with Gasteiger partial charge in [0.25, 0.3) is 0 Å². The van der Waals surface area contributed by atoms with Crippen LogP contribution < -0.4 is 10.6 Å². The van der Waals surface area contributed by atoms with Crippen molar-refractivity contribution in [3.05, 3.63) is 0 Å². The number of nitrogens with one attached hydrogen (secondary N) is 2. The Kier molecular flexibility index (Phi) is 7.63. The molecule has 0 aliphatic heterocycles. The van der Waals surface area contributed by atoms with Crippen LogP contribution in [-0.4, -0.2) is 41.5 Å². The van der Waals surface area contributed by atoms with E-state index in [2.05, 4.69) is 24.5 Å². The lowest BCUT2D eigenvalue weighted by Crippen LogP contribution is -2.46. The summed E-state index contributed by atoms with van der Waals surface area (Å²) in [4.78, 5) is 11.8. The molecule has 3 N–H and O–H groups in total. The van der Waals surface area contributed by atoms with Crippen LogP contribution in [0, 0.1) is 5.92 Å². The Bertz CT molecular complexity index is 339. The summed E-state index contributed by atoms with van der Waals surface area (Å²) in [6, 6.07) is 0.513. The summed E-state index contributed by atoms with van der Waals surface area (Å²) in [5.41, 5.74) is -0.461. The van der Waals surface area contributed by atoms with Crippen molar-refractivity contribution in [2.45, 2.75) is 90.5 Å². The molecule has 1 saturated carbocycles. The van der Waals surface area contributed by atoms with Crippen LogP contribution >= 0.6 is 0 Å². The highest BCUT2D eigenvalue weighted by atomic mass is 16.6. The van der Waals surface area contributed by atoms with Gasteiger partial charge in [0.1, 0.15) is 5.60 Å². The van der Waals surface area contributed by atoms with Gasteiger partial charge in [0.2, 0.25) is 0 Å². The van der Waals surface area contributed by atoms with E-state index in [1.54, 1.807) is 0 Å². The number of alkyl carbamates (subject to hydrolysis) is 1. The normalized spacial score (nSPS) is 24.1. The van der Waals surface area contributed by atoms with Crippen molar-refractivity contribution in [2.24, 2.45) is 5.92 Å². The molecule has 3 atom stereocenters. The molecule has 0 aromatic carbocycles. The summed E-state index contributed by atoms with van der Waals surface area (Å²) in [5.74, 6) is 0.504. The van der Waals surface area contributed by atoms with Crippen LogP contribution in [0.4, 0.5) is 4.79 Å². The molecule has 1 aliphatic carbocycles. The second-order valence-electron chi connectivity index (χ2n) is 7.90. The first kappa shape index (κ1) is 19.2. The molecule has 130 valence electrons. The predicted octanol–water partition coefficient (Wildman–Crippen LogP) is 2.82. The van der Waals surface area contributed by atoms with Crippen molar-refractivity contribution in [2.75, 3.05) is 6.54 Å². The highest BCUT2D eigenvalue weighted by Gasteiger charge is 2.25. The van der Waals surface area contributed by atoms with Gasteiger partial charge in [0, 0.05) is 18.6 Å². The van der Waals surface area contributed by atoms with Gasteiger partial charge in [-0.1, -0.05) is 13.8 Å². The zero-order valence-electron chi connectivity index (χ0n) is 14.8. The average molecular weight is 314 g/mol. The third-order valence-corrected chi connectivity index (χ3v) is 3.78. The Morgan fingerprint density at radius 1 is 1.27 bits per heavy atom. The predicted molar refractivity (Wildman–Crippen MR) is 88.9 cm³/mol. The second kappa shape index (κ2) is 8.73. The molecule has 0 bridgehead atoms. The summed E-state index contributed by atoms with van der Waals surface area (Å²) in [5, 5.41) is 16.3. The fourth-order valence-electron chi connectivity index (χ4n) is 2.91. The molecule has 0 saturated heterocycles. The van der Waals surface area contributed by atoms with Crippen LogP contribution in [0.15, 0.2) is 0 Å². The smallest absolute Gasteiger partial charge is 0.407 e. The van der Waals surface area contributed by atoms with Gasteiger partial charge in [-0.25, -0.2) is 4.79 Å². The van der Waals surface area contributed by atoms with E-state index in [4.69, 9.17) is 4.74 Å². The molecule has 5 nitrogen and oxygen atoms in total. The highest BCUT2D eigenvalue weighted by molar-refractivity contribution is 5.68. The molecule has 3 unspecified atom stereocenters. The minimum absolute atomic E-state index is 0.156. The summed E-state index contributed by atoms with van der Waals surface area (Å²) < 4.78 is 5.31. The summed E-state index contributed by atoms with van der Waals surface area (Å²) in [7, 11) is 0. The topological polar surface area (TPSA) is 70.6 Å². The molecule has 5 heteroatoms. The lowest BCUT2D eigenvalue weighted by atomic mass is 9.91. The fourth-order valence-corrected chi connectivity index (χ4v) is 2.91. The van der Waals surface area contributed by atoms with Crippen LogP contribution in [0.5, 0.6) is 0 Å². The molecular weight excluding hydrogens is 280 g/mol. The van der Waals surface area contributed by atoms with Crippen molar-refractivity contribution < 1.29 is 14.6 Å². The van der Waals surface area contributed by atoms with E-state index in [1.165, 1.54) is 0 Å². The van der Waals surface area contributed by atoms with Gasteiger partial charge < -0.3 is 20.5 Å². The van der Waals surface area contributed by atoms with E-state index in [0.717, 1.165) is 32.1 Å². The van der Waals surface area contributed by atoms with E-state index in [0.29, 0.717) is 18.5 Å². The molecule has 1 rings (SSSR count). The summed E-state index contributed by atoms with van der Waals surface area (Å²) >= 11 is 0. The molecule has 0 aromatic heterocycles. The van der Waals surface area contributed by atoms with E-state index in [1.807, 2.05) is 20.8 Å². The number of ether oxygens (including phenoxy) is 1. The zero-order chi connectivity index (χ0) is 16.8. The highest BCUT2D eigenvalue weighted by Crippen LogP contribution is 2.19. The molecule has 0 heterocycles. The minimum atomic E-state index is -0.461. The Morgan fingerprint density at radius 3 is 2.50 bits per heavy atom. The standard InChI is InChI=1S/C17H34N2O3/c1-12(2)9-15(20)11-18-13-7-6-8-14(10-13)19-16(21)22-17(3,4)5/h12-15,18,20H,6-11H2,1-5H3,(H,19,21). The van der Waals surface area contributed by atoms with Crippen molar-refractivity contribution in [3.8, 4) is 0 Å². The van der Waals surface area contributed by atoms with Gasteiger partial charge in [-0.05, 0) is 58.8 Å². The van der Waals surface area contributed by atoms with Crippen molar-refractivity contribution in [1.82, 2.24) is 10.6 Å². The summed E-state index contributed by atoms with van der Waals surface area (Å²) in [6.45, 7) is 10.5. The first-order chi connectivity index (χ1) is 10.2. The molecule has 1 fully saturated rings. The quantitative estimate of drug-likeness (QED) is 0.705. The Hall–Kier alpha value is -0.810. The number of amides is 1. The van der Waals surface area contributed by atoms with Crippen LogP contribution in [0.25, 0.3) is 0 Å². The summed E-state index contributed by atoms with van der Waals surface area (Å²) in [6.07, 6.45) is 4.26. The van der Waals surface area contributed by atoms with Crippen LogP contribution in [0.2, 0.25) is 0 Å².